The van der Waals surface area contributed by atoms with Crippen molar-refractivity contribution >= 4 is 23.2 Å². The second-order valence-corrected chi connectivity index (χ2v) is 5.81. The minimum atomic E-state index is -0.913. The Kier molecular flexibility index (Phi) is 3.52. The fourth-order valence-electron chi connectivity index (χ4n) is 2.73. The molecule has 0 radical (unpaired) electrons. The molecule has 0 bridgehead atoms. The van der Waals surface area contributed by atoms with Gasteiger partial charge in [0.25, 0.3) is 0 Å². The van der Waals surface area contributed by atoms with Crippen molar-refractivity contribution in [2.75, 3.05) is 5.32 Å². The van der Waals surface area contributed by atoms with E-state index in [0.29, 0.717) is 32.9 Å². The smallest absolute Gasteiger partial charge is 0.247 e. The molecule has 0 saturated carbocycles. The molecular weight excluding hydrogens is 328 g/mol. The van der Waals surface area contributed by atoms with Crippen LogP contribution in [0.1, 0.15) is 22.3 Å². The zero-order valence-electron chi connectivity index (χ0n) is 12.4. The van der Waals surface area contributed by atoms with Crippen LogP contribution in [0.4, 0.5) is 5.69 Å². The number of amides is 1. The Morgan fingerprint density at radius 1 is 1.00 bits per heavy atom. The molecule has 0 saturated heterocycles. The molecule has 1 atom stereocenters. The number of nitrogens with zero attached hydrogens (tertiary/aromatic N) is 1. The molecule has 0 aliphatic carbocycles. The van der Waals surface area contributed by atoms with Crippen LogP contribution in [0.25, 0.3) is 11.3 Å². The van der Waals surface area contributed by atoms with Crippen molar-refractivity contribution in [3.63, 3.8) is 0 Å². The summed E-state index contributed by atoms with van der Waals surface area (Å²) in [6, 6.07) is 17.6. The van der Waals surface area contributed by atoms with Crippen LogP contribution >= 0.6 is 11.6 Å². The number of nitrogens with one attached hydrogen (secondary N) is 1. The summed E-state index contributed by atoms with van der Waals surface area (Å²) in [5.41, 5.74) is 1.68. The molecule has 3 aromatic rings. The van der Waals surface area contributed by atoms with Crippen molar-refractivity contribution in [1.82, 2.24) is 5.06 Å². The van der Waals surface area contributed by atoms with E-state index >= 15 is 0 Å². The molecule has 1 amide bonds. The van der Waals surface area contributed by atoms with E-state index in [1.54, 1.807) is 42.5 Å². The second kappa shape index (κ2) is 5.70. The molecule has 4 rings (SSSR count). The van der Waals surface area contributed by atoms with Crippen LogP contribution in [-0.2, 0) is 0 Å². The summed E-state index contributed by atoms with van der Waals surface area (Å²) in [7, 11) is 0. The summed E-state index contributed by atoms with van der Waals surface area (Å²) >= 11 is 6.17. The topological polar surface area (TPSA) is 68.5 Å². The Balaban J connectivity index is 1.71. The van der Waals surface area contributed by atoms with Crippen LogP contribution in [0.15, 0.2) is 65.1 Å². The third-order valence-corrected chi connectivity index (χ3v) is 4.25. The Morgan fingerprint density at radius 3 is 2.50 bits per heavy atom. The number of hydrogen-bond acceptors (Lipinski definition) is 4. The van der Waals surface area contributed by atoms with E-state index in [4.69, 9.17) is 16.0 Å². The lowest BCUT2D eigenvalue weighted by Crippen LogP contribution is -2.38. The van der Waals surface area contributed by atoms with E-state index in [2.05, 4.69) is 5.32 Å². The molecule has 6 heteroatoms. The first-order valence-corrected chi connectivity index (χ1v) is 7.74. The first kappa shape index (κ1) is 14.8. The number of hydroxylamine groups is 2. The number of hydrogen-bond donors (Lipinski definition) is 1. The van der Waals surface area contributed by atoms with Gasteiger partial charge in [0.15, 0.2) is 6.17 Å². The normalized spacial score (nSPS) is 16.7. The monoisotopic (exact) mass is 339 g/mol. The lowest BCUT2D eigenvalue weighted by atomic mass is 10.1. The molecule has 2 heterocycles. The molecule has 1 N–H and O–H groups in total. The number of para-hydroxylation sites is 1. The van der Waals surface area contributed by atoms with Gasteiger partial charge in [0.05, 0.1) is 10.6 Å². The molecular formula is C18H12ClN2O3-. The van der Waals surface area contributed by atoms with Crippen molar-refractivity contribution in [2.24, 2.45) is 0 Å². The third-order valence-electron chi connectivity index (χ3n) is 3.92. The Bertz CT molecular complexity index is 922. The summed E-state index contributed by atoms with van der Waals surface area (Å²) in [5.74, 6) is 0.296. The molecule has 0 fully saturated rings. The molecule has 24 heavy (non-hydrogen) atoms. The Labute approximate surface area is 143 Å². The number of fused-ring (bicyclic) bond motifs is 1. The largest absolute Gasteiger partial charge is 0.754 e. The van der Waals surface area contributed by atoms with Crippen LogP contribution in [0.2, 0.25) is 5.02 Å². The lowest BCUT2D eigenvalue weighted by molar-refractivity contribution is 0.0757. The number of anilines is 1. The predicted molar refractivity (Wildman–Crippen MR) is 91.5 cm³/mol. The minimum Gasteiger partial charge on any atom is -0.754 e. The highest BCUT2D eigenvalue weighted by molar-refractivity contribution is 6.33. The lowest BCUT2D eigenvalue weighted by Gasteiger charge is -2.41. The fourth-order valence-corrected chi connectivity index (χ4v) is 2.96. The van der Waals surface area contributed by atoms with Gasteiger partial charge in [-0.05, 0) is 36.4 Å². The van der Waals surface area contributed by atoms with Crippen LogP contribution in [-0.4, -0.2) is 11.0 Å². The number of halogens is 1. The van der Waals surface area contributed by atoms with Crippen LogP contribution in [0.5, 0.6) is 0 Å². The van der Waals surface area contributed by atoms with E-state index in [9.17, 15) is 10.0 Å². The van der Waals surface area contributed by atoms with Gasteiger partial charge >= 0.3 is 0 Å². The first-order valence-electron chi connectivity index (χ1n) is 7.36. The molecule has 120 valence electrons. The minimum absolute atomic E-state index is 0.349. The maximum atomic E-state index is 12.3. The number of carbonyl (C=O) groups is 1. The number of benzene rings is 2. The van der Waals surface area contributed by atoms with Gasteiger partial charge in [-0.15, -0.1) is 0 Å². The fraction of sp³-hybridized carbons (Fsp3) is 0.0556. The quantitative estimate of drug-likeness (QED) is 0.737. The Hall–Kier alpha value is -2.76. The van der Waals surface area contributed by atoms with Gasteiger partial charge in [0, 0.05) is 11.3 Å². The number of furan rings is 1. The highest BCUT2D eigenvalue weighted by Gasteiger charge is 2.29. The van der Waals surface area contributed by atoms with E-state index in [1.165, 1.54) is 0 Å². The van der Waals surface area contributed by atoms with E-state index in [1.807, 2.05) is 18.2 Å². The molecule has 1 aliphatic rings. The maximum Gasteiger partial charge on any atom is 0.247 e. The summed E-state index contributed by atoms with van der Waals surface area (Å²) in [6.07, 6.45) is -0.913. The zero-order chi connectivity index (χ0) is 16.7. The van der Waals surface area contributed by atoms with Gasteiger partial charge in [0.2, 0.25) is 5.91 Å². The second-order valence-electron chi connectivity index (χ2n) is 5.41. The summed E-state index contributed by atoms with van der Waals surface area (Å²) in [4.78, 5) is 12.2. The highest BCUT2D eigenvalue weighted by atomic mass is 35.5. The van der Waals surface area contributed by atoms with Crippen molar-refractivity contribution in [1.29, 1.82) is 0 Å². The number of rotatable bonds is 2. The average molecular weight is 340 g/mol. The van der Waals surface area contributed by atoms with Crippen LogP contribution < -0.4 is 5.32 Å². The third kappa shape index (κ3) is 2.35. The highest BCUT2D eigenvalue weighted by Crippen LogP contribution is 2.36. The van der Waals surface area contributed by atoms with Crippen molar-refractivity contribution in [2.45, 2.75) is 6.17 Å². The van der Waals surface area contributed by atoms with Crippen molar-refractivity contribution in [3.05, 3.63) is 82.2 Å². The van der Waals surface area contributed by atoms with Gasteiger partial charge in [-0.1, -0.05) is 35.9 Å². The molecule has 1 aliphatic heterocycles. The summed E-state index contributed by atoms with van der Waals surface area (Å²) in [6.45, 7) is 0. The van der Waals surface area contributed by atoms with Gasteiger partial charge in [0.1, 0.15) is 11.5 Å². The van der Waals surface area contributed by atoms with E-state index < -0.39 is 12.1 Å². The van der Waals surface area contributed by atoms with Crippen molar-refractivity contribution < 1.29 is 9.21 Å². The average Bonchev–Trinajstić information content (AvgIpc) is 3.08. The predicted octanol–water partition coefficient (Wildman–Crippen LogP) is 4.66. The molecule has 5 nitrogen and oxygen atoms in total. The molecule has 0 spiro atoms. The SMILES string of the molecule is O=C1c2ccccc2NC(c2ccc(-c3ccccc3Cl)o2)N1[O-]. The van der Waals surface area contributed by atoms with E-state index in [-0.39, 0.29) is 0 Å². The van der Waals surface area contributed by atoms with Crippen molar-refractivity contribution in [3.8, 4) is 11.3 Å². The number of carbonyl (C=O) groups excluding carboxylic acids is 1. The summed E-state index contributed by atoms with van der Waals surface area (Å²) < 4.78 is 5.78. The van der Waals surface area contributed by atoms with Gasteiger partial charge in [-0.25, -0.2) is 0 Å². The van der Waals surface area contributed by atoms with Gasteiger partial charge < -0.3 is 20.0 Å². The standard InChI is InChI=1S/C18H12ClN2O3/c19-13-7-3-1-5-11(13)15-9-10-16(24-15)17-20-14-8-4-2-6-12(14)18(22)21(17)23/h1-10,17,20H/q-1. The zero-order valence-corrected chi connectivity index (χ0v) is 13.2. The van der Waals surface area contributed by atoms with Gasteiger partial charge in [-0.3, -0.25) is 4.79 Å². The van der Waals surface area contributed by atoms with Gasteiger partial charge in [-0.2, -0.15) is 0 Å². The molecule has 1 aromatic heterocycles. The maximum absolute atomic E-state index is 12.3. The van der Waals surface area contributed by atoms with Crippen LogP contribution in [0.3, 0.4) is 0 Å². The Morgan fingerprint density at radius 2 is 1.71 bits per heavy atom. The summed E-state index contributed by atoms with van der Waals surface area (Å²) in [5, 5.41) is 16.3. The van der Waals surface area contributed by atoms with E-state index in [0.717, 1.165) is 5.56 Å². The molecule has 1 unspecified atom stereocenters. The van der Waals surface area contributed by atoms with Crippen LogP contribution in [0, 0.1) is 5.21 Å². The first-order chi connectivity index (χ1) is 11.6. The molecule has 2 aromatic carbocycles.